The summed E-state index contributed by atoms with van der Waals surface area (Å²) >= 11 is 3.12. The van der Waals surface area contributed by atoms with E-state index >= 15 is 0 Å². The molecule has 0 aliphatic heterocycles. The molecule has 1 aromatic rings. The van der Waals surface area contributed by atoms with Crippen molar-refractivity contribution in [1.82, 2.24) is 9.55 Å². The van der Waals surface area contributed by atoms with Gasteiger partial charge in [0.05, 0.1) is 0 Å². The number of hydrogen-bond donors (Lipinski definition) is 1. The van der Waals surface area contributed by atoms with Crippen molar-refractivity contribution < 1.29 is 9.90 Å². The number of rotatable bonds is 1. The van der Waals surface area contributed by atoms with Crippen LogP contribution in [0.3, 0.4) is 0 Å². The van der Waals surface area contributed by atoms with Gasteiger partial charge in [-0.2, -0.15) is 0 Å². The summed E-state index contributed by atoms with van der Waals surface area (Å²) < 4.78 is 2.17. The smallest absolute Gasteiger partial charge is 0.357 e. The Kier molecular flexibility index (Phi) is 1.99. The second-order valence-corrected chi connectivity index (χ2v) is 2.91. The normalized spacial score (nSPS) is 10.1. The van der Waals surface area contributed by atoms with Crippen LogP contribution in [0.4, 0.5) is 0 Å². The molecule has 1 heterocycles. The molecular formula is C6H7BrN2O2. The molecule has 0 saturated carbocycles. The number of carboxylic acids is 1. The van der Waals surface area contributed by atoms with Crippen LogP contribution in [0.2, 0.25) is 0 Å². The summed E-state index contributed by atoms with van der Waals surface area (Å²) in [4.78, 5) is 14.3. The fourth-order valence-electron chi connectivity index (χ4n) is 0.720. The molecule has 0 unspecified atom stereocenters. The zero-order chi connectivity index (χ0) is 8.59. The van der Waals surface area contributed by atoms with Crippen LogP contribution in [0.1, 0.15) is 16.3 Å². The lowest BCUT2D eigenvalue weighted by molar-refractivity contribution is 0.0689. The lowest BCUT2D eigenvalue weighted by Crippen LogP contribution is -1.97. The van der Waals surface area contributed by atoms with Gasteiger partial charge in [0.2, 0.25) is 0 Å². The van der Waals surface area contributed by atoms with Gasteiger partial charge in [0.15, 0.2) is 5.69 Å². The molecule has 0 saturated heterocycles. The highest BCUT2D eigenvalue weighted by atomic mass is 79.9. The lowest BCUT2D eigenvalue weighted by atomic mass is 10.5. The topological polar surface area (TPSA) is 55.1 Å². The second-order valence-electron chi connectivity index (χ2n) is 2.16. The first-order valence-electron chi connectivity index (χ1n) is 2.96. The molecule has 0 aromatic carbocycles. The summed E-state index contributed by atoms with van der Waals surface area (Å²) in [5.41, 5.74) is 0.0602. The van der Waals surface area contributed by atoms with Crippen LogP contribution in [0, 0.1) is 6.92 Å². The lowest BCUT2D eigenvalue weighted by Gasteiger charge is -1.93. The van der Waals surface area contributed by atoms with Gasteiger partial charge in [-0.05, 0) is 22.9 Å². The number of aryl methyl sites for hydroxylation is 1. The van der Waals surface area contributed by atoms with Crippen molar-refractivity contribution in [2.24, 2.45) is 7.05 Å². The van der Waals surface area contributed by atoms with Gasteiger partial charge in [-0.1, -0.05) is 0 Å². The van der Waals surface area contributed by atoms with Crippen molar-refractivity contribution in [3.63, 3.8) is 0 Å². The maximum Gasteiger partial charge on any atom is 0.357 e. The maximum atomic E-state index is 10.5. The third-order valence-electron chi connectivity index (χ3n) is 1.45. The molecule has 0 aliphatic carbocycles. The number of carbonyl (C=O) groups is 1. The average Bonchev–Trinajstić information content (AvgIpc) is 2.17. The summed E-state index contributed by atoms with van der Waals surface area (Å²) in [6, 6.07) is 0. The van der Waals surface area contributed by atoms with Crippen molar-refractivity contribution in [3.8, 4) is 0 Å². The average molecular weight is 219 g/mol. The van der Waals surface area contributed by atoms with Crippen molar-refractivity contribution in [2.45, 2.75) is 6.92 Å². The van der Waals surface area contributed by atoms with Gasteiger partial charge in [-0.15, -0.1) is 0 Å². The summed E-state index contributed by atoms with van der Waals surface area (Å²) in [6.07, 6.45) is 0. The maximum absolute atomic E-state index is 10.5. The number of imidazole rings is 1. The zero-order valence-electron chi connectivity index (χ0n) is 6.13. The summed E-state index contributed by atoms with van der Waals surface area (Å²) in [6.45, 7) is 1.75. The largest absolute Gasteiger partial charge is 0.476 e. The molecule has 0 amide bonds. The van der Waals surface area contributed by atoms with E-state index in [0.717, 1.165) is 0 Å². The Balaban J connectivity index is 3.29. The molecule has 1 rings (SSSR count). The Morgan fingerprint density at radius 3 is 2.45 bits per heavy atom. The monoisotopic (exact) mass is 218 g/mol. The van der Waals surface area contributed by atoms with Gasteiger partial charge in [0.1, 0.15) is 10.4 Å². The van der Waals surface area contributed by atoms with Crippen LogP contribution in [0.25, 0.3) is 0 Å². The van der Waals surface area contributed by atoms with Gasteiger partial charge in [0, 0.05) is 7.05 Å². The highest BCUT2D eigenvalue weighted by Crippen LogP contribution is 2.16. The van der Waals surface area contributed by atoms with Crippen LogP contribution in [-0.2, 0) is 7.05 Å². The molecule has 11 heavy (non-hydrogen) atoms. The van der Waals surface area contributed by atoms with E-state index in [1.54, 1.807) is 18.5 Å². The summed E-state index contributed by atoms with van der Waals surface area (Å²) in [5.74, 6) is -0.338. The first-order chi connectivity index (χ1) is 5.04. The zero-order valence-corrected chi connectivity index (χ0v) is 7.71. The molecule has 0 radical (unpaired) electrons. The summed E-state index contributed by atoms with van der Waals surface area (Å²) in [5, 5.41) is 8.60. The van der Waals surface area contributed by atoms with Crippen LogP contribution in [-0.4, -0.2) is 20.6 Å². The van der Waals surface area contributed by atoms with Crippen LogP contribution < -0.4 is 0 Å². The predicted molar refractivity (Wildman–Crippen MR) is 42.6 cm³/mol. The molecule has 0 atom stereocenters. The number of hydrogen-bond acceptors (Lipinski definition) is 2. The van der Waals surface area contributed by atoms with E-state index in [9.17, 15) is 4.79 Å². The Bertz CT molecular complexity index is 306. The van der Waals surface area contributed by atoms with Gasteiger partial charge in [0.25, 0.3) is 0 Å². The molecule has 4 nitrogen and oxygen atoms in total. The minimum Gasteiger partial charge on any atom is -0.476 e. The number of halogens is 1. The number of aromatic carboxylic acids is 1. The molecule has 60 valence electrons. The van der Waals surface area contributed by atoms with Crippen LogP contribution in [0.5, 0.6) is 0 Å². The van der Waals surface area contributed by atoms with Gasteiger partial charge in [-0.3, -0.25) is 0 Å². The second kappa shape index (κ2) is 2.65. The summed E-state index contributed by atoms with van der Waals surface area (Å²) in [7, 11) is 1.75. The number of nitrogens with zero attached hydrogens (tertiary/aromatic N) is 2. The minimum atomic E-state index is -1.01. The molecule has 1 aromatic heterocycles. The Hall–Kier alpha value is -0.840. The van der Waals surface area contributed by atoms with E-state index in [1.807, 2.05) is 0 Å². The minimum absolute atomic E-state index is 0.0602. The van der Waals surface area contributed by atoms with E-state index < -0.39 is 5.97 Å². The van der Waals surface area contributed by atoms with Gasteiger partial charge >= 0.3 is 5.97 Å². The SMILES string of the molecule is Cc1nc(C(=O)O)c(Br)n1C. The van der Waals surface area contributed by atoms with Gasteiger partial charge in [-0.25, -0.2) is 9.78 Å². The molecule has 0 bridgehead atoms. The predicted octanol–water partition coefficient (Wildman–Crippen LogP) is 1.19. The fourth-order valence-corrected chi connectivity index (χ4v) is 1.23. The van der Waals surface area contributed by atoms with E-state index in [-0.39, 0.29) is 5.69 Å². The molecule has 0 aliphatic rings. The Morgan fingerprint density at radius 2 is 2.27 bits per heavy atom. The standard InChI is InChI=1S/C6H7BrN2O2/c1-3-8-4(6(10)11)5(7)9(3)2/h1-2H3,(H,10,11). The molecular weight excluding hydrogens is 212 g/mol. The molecule has 0 spiro atoms. The number of carboxylic acid groups (broad SMARTS) is 1. The molecule has 5 heteroatoms. The highest BCUT2D eigenvalue weighted by molar-refractivity contribution is 9.10. The third-order valence-corrected chi connectivity index (χ3v) is 2.36. The molecule has 0 fully saturated rings. The van der Waals surface area contributed by atoms with Crippen molar-refractivity contribution in [3.05, 3.63) is 16.1 Å². The Labute approximate surface area is 72.0 Å². The first kappa shape index (κ1) is 8.26. The van der Waals surface area contributed by atoms with Crippen molar-refractivity contribution in [2.75, 3.05) is 0 Å². The van der Waals surface area contributed by atoms with Crippen LogP contribution in [0.15, 0.2) is 4.60 Å². The van der Waals surface area contributed by atoms with Gasteiger partial charge < -0.3 is 9.67 Å². The first-order valence-corrected chi connectivity index (χ1v) is 3.75. The van der Waals surface area contributed by atoms with Crippen molar-refractivity contribution >= 4 is 21.9 Å². The third kappa shape index (κ3) is 1.28. The Morgan fingerprint density at radius 1 is 1.73 bits per heavy atom. The van der Waals surface area contributed by atoms with E-state index in [0.29, 0.717) is 10.4 Å². The van der Waals surface area contributed by atoms with Crippen molar-refractivity contribution in [1.29, 1.82) is 0 Å². The highest BCUT2D eigenvalue weighted by Gasteiger charge is 2.15. The van der Waals surface area contributed by atoms with Crippen LogP contribution >= 0.6 is 15.9 Å². The quantitative estimate of drug-likeness (QED) is 0.771. The van der Waals surface area contributed by atoms with E-state index in [1.165, 1.54) is 0 Å². The molecule has 1 N–H and O–H groups in total. The fraction of sp³-hybridized carbons (Fsp3) is 0.333. The van der Waals surface area contributed by atoms with E-state index in [4.69, 9.17) is 5.11 Å². The van der Waals surface area contributed by atoms with E-state index in [2.05, 4.69) is 20.9 Å². The number of aromatic nitrogens is 2.